The number of nitrogen functional groups attached to an aromatic ring is 2. The van der Waals surface area contributed by atoms with Crippen molar-refractivity contribution in [1.82, 2.24) is 0 Å². The molecule has 0 fully saturated rings. The SMILES string of the molecule is CC(C)(C)c1[c]ccc(Oc2ccc(N)cc2N)c1. The lowest BCUT2D eigenvalue weighted by Crippen LogP contribution is -2.11. The zero-order chi connectivity index (χ0) is 14.0. The lowest BCUT2D eigenvalue weighted by Gasteiger charge is -2.19. The Labute approximate surface area is 114 Å². The Morgan fingerprint density at radius 3 is 2.42 bits per heavy atom. The summed E-state index contributed by atoms with van der Waals surface area (Å²) >= 11 is 0. The molecular formula is C16H19N2O. The van der Waals surface area contributed by atoms with E-state index in [4.69, 9.17) is 16.2 Å². The second-order valence-corrected chi connectivity index (χ2v) is 5.59. The molecule has 2 aromatic rings. The molecule has 2 aromatic carbocycles. The lowest BCUT2D eigenvalue weighted by atomic mass is 9.87. The molecule has 19 heavy (non-hydrogen) atoms. The van der Waals surface area contributed by atoms with Gasteiger partial charge in [-0.1, -0.05) is 26.8 Å². The summed E-state index contributed by atoms with van der Waals surface area (Å²) in [6, 6.07) is 14.2. The predicted octanol–water partition coefficient (Wildman–Crippen LogP) is 3.74. The highest BCUT2D eigenvalue weighted by molar-refractivity contribution is 5.61. The highest BCUT2D eigenvalue weighted by atomic mass is 16.5. The minimum Gasteiger partial charge on any atom is -0.455 e. The van der Waals surface area contributed by atoms with Crippen molar-refractivity contribution in [3.63, 3.8) is 0 Å². The molecule has 0 aliphatic rings. The molecule has 4 N–H and O–H groups in total. The zero-order valence-corrected chi connectivity index (χ0v) is 11.5. The Kier molecular flexibility index (Phi) is 3.38. The first-order valence-electron chi connectivity index (χ1n) is 6.21. The van der Waals surface area contributed by atoms with Crippen LogP contribution in [0.1, 0.15) is 26.3 Å². The third-order valence-electron chi connectivity index (χ3n) is 2.84. The Balaban J connectivity index is 2.29. The van der Waals surface area contributed by atoms with Crippen molar-refractivity contribution >= 4 is 11.4 Å². The Hall–Kier alpha value is -2.16. The summed E-state index contributed by atoms with van der Waals surface area (Å²) in [5.74, 6) is 1.36. The molecule has 0 atom stereocenters. The topological polar surface area (TPSA) is 61.3 Å². The van der Waals surface area contributed by atoms with Gasteiger partial charge in [0.25, 0.3) is 0 Å². The average Bonchev–Trinajstić information content (AvgIpc) is 2.32. The summed E-state index contributed by atoms with van der Waals surface area (Å²) in [5, 5.41) is 0. The Morgan fingerprint density at radius 1 is 1.05 bits per heavy atom. The minimum atomic E-state index is 0.0338. The van der Waals surface area contributed by atoms with Crippen molar-refractivity contribution in [2.75, 3.05) is 11.5 Å². The van der Waals surface area contributed by atoms with Crippen LogP contribution in [0.3, 0.4) is 0 Å². The van der Waals surface area contributed by atoms with Crippen LogP contribution in [0.2, 0.25) is 0 Å². The molecule has 0 bridgehead atoms. The monoisotopic (exact) mass is 255 g/mol. The van der Waals surface area contributed by atoms with Crippen LogP contribution in [-0.4, -0.2) is 0 Å². The summed E-state index contributed by atoms with van der Waals surface area (Å²) < 4.78 is 5.80. The maximum atomic E-state index is 5.88. The molecule has 3 nitrogen and oxygen atoms in total. The molecule has 3 heteroatoms. The smallest absolute Gasteiger partial charge is 0.150 e. The maximum absolute atomic E-state index is 5.88. The first-order valence-corrected chi connectivity index (χ1v) is 6.21. The molecule has 1 radical (unpaired) electrons. The molecule has 0 unspecified atom stereocenters. The van der Waals surface area contributed by atoms with E-state index < -0.39 is 0 Å². The number of hydrogen-bond acceptors (Lipinski definition) is 3. The fourth-order valence-corrected chi connectivity index (χ4v) is 1.73. The van der Waals surface area contributed by atoms with Crippen LogP contribution in [0.5, 0.6) is 11.5 Å². The number of hydrogen-bond donors (Lipinski definition) is 2. The van der Waals surface area contributed by atoms with Gasteiger partial charge in [-0.25, -0.2) is 0 Å². The van der Waals surface area contributed by atoms with Gasteiger partial charge in [0.1, 0.15) is 11.5 Å². The van der Waals surface area contributed by atoms with Crippen LogP contribution < -0.4 is 16.2 Å². The molecule has 0 aliphatic heterocycles. The van der Waals surface area contributed by atoms with E-state index in [1.165, 1.54) is 0 Å². The largest absolute Gasteiger partial charge is 0.455 e. The summed E-state index contributed by atoms with van der Waals surface area (Å²) in [4.78, 5) is 0. The first-order chi connectivity index (χ1) is 8.86. The van der Waals surface area contributed by atoms with Crippen LogP contribution in [-0.2, 0) is 5.41 Å². The van der Waals surface area contributed by atoms with E-state index in [0.717, 1.165) is 11.3 Å². The maximum Gasteiger partial charge on any atom is 0.150 e. The highest BCUT2D eigenvalue weighted by Gasteiger charge is 2.14. The second-order valence-electron chi connectivity index (χ2n) is 5.59. The van der Waals surface area contributed by atoms with Crippen molar-refractivity contribution in [3.8, 4) is 11.5 Å². The van der Waals surface area contributed by atoms with Crippen LogP contribution in [0.15, 0.2) is 36.4 Å². The summed E-state index contributed by atoms with van der Waals surface area (Å²) in [6.07, 6.45) is 0. The van der Waals surface area contributed by atoms with Crippen LogP contribution in [0, 0.1) is 6.07 Å². The fourth-order valence-electron chi connectivity index (χ4n) is 1.73. The van der Waals surface area contributed by atoms with Gasteiger partial charge in [0, 0.05) is 5.69 Å². The molecule has 0 amide bonds. The molecule has 2 rings (SSSR count). The van der Waals surface area contributed by atoms with Gasteiger partial charge in [-0.15, -0.1) is 0 Å². The van der Waals surface area contributed by atoms with Crippen molar-refractivity contribution in [3.05, 3.63) is 48.0 Å². The Morgan fingerprint density at radius 2 is 1.79 bits per heavy atom. The standard InChI is InChI=1S/C16H19N2O/c1-16(2,3)11-5-4-6-13(9-11)19-15-8-7-12(17)10-14(15)18/h4,6-10H,17-18H2,1-3H3. The average molecular weight is 255 g/mol. The van der Waals surface area contributed by atoms with Gasteiger partial charge in [-0.3, -0.25) is 0 Å². The Bertz CT molecular complexity index is 586. The van der Waals surface area contributed by atoms with Gasteiger partial charge in [0.05, 0.1) is 5.69 Å². The minimum absolute atomic E-state index is 0.0338. The van der Waals surface area contributed by atoms with E-state index >= 15 is 0 Å². The van der Waals surface area contributed by atoms with Crippen LogP contribution >= 0.6 is 0 Å². The summed E-state index contributed by atoms with van der Waals surface area (Å²) in [6.45, 7) is 6.42. The van der Waals surface area contributed by atoms with Crippen molar-refractivity contribution in [1.29, 1.82) is 0 Å². The molecule has 99 valence electrons. The van der Waals surface area contributed by atoms with E-state index in [1.807, 2.05) is 18.2 Å². The van der Waals surface area contributed by atoms with Crippen molar-refractivity contribution < 1.29 is 4.74 Å². The lowest BCUT2D eigenvalue weighted by molar-refractivity contribution is 0.481. The predicted molar refractivity (Wildman–Crippen MR) is 79.3 cm³/mol. The van der Waals surface area contributed by atoms with Gasteiger partial charge in [0.2, 0.25) is 0 Å². The quantitative estimate of drug-likeness (QED) is 0.803. The van der Waals surface area contributed by atoms with Gasteiger partial charge >= 0.3 is 0 Å². The van der Waals surface area contributed by atoms with E-state index in [-0.39, 0.29) is 5.41 Å². The van der Waals surface area contributed by atoms with E-state index in [9.17, 15) is 0 Å². The third-order valence-corrected chi connectivity index (χ3v) is 2.84. The van der Waals surface area contributed by atoms with Crippen LogP contribution in [0.4, 0.5) is 11.4 Å². The molecule has 0 saturated heterocycles. The number of rotatable bonds is 2. The first kappa shape index (κ1) is 13.3. The van der Waals surface area contributed by atoms with Crippen molar-refractivity contribution in [2.24, 2.45) is 0 Å². The van der Waals surface area contributed by atoms with E-state index in [1.54, 1.807) is 18.2 Å². The zero-order valence-electron chi connectivity index (χ0n) is 11.5. The normalized spacial score (nSPS) is 11.3. The van der Waals surface area contributed by atoms with Gasteiger partial charge in [-0.05, 0) is 47.4 Å². The summed E-state index contributed by atoms with van der Waals surface area (Å²) in [5.41, 5.74) is 13.8. The molecular weight excluding hydrogens is 236 g/mol. The van der Waals surface area contributed by atoms with Gasteiger partial charge < -0.3 is 16.2 Å². The van der Waals surface area contributed by atoms with E-state index in [2.05, 4.69) is 26.8 Å². The second kappa shape index (κ2) is 4.84. The molecule has 0 aliphatic carbocycles. The number of anilines is 2. The van der Waals surface area contributed by atoms with E-state index in [0.29, 0.717) is 17.1 Å². The number of ether oxygens (including phenoxy) is 1. The van der Waals surface area contributed by atoms with Gasteiger partial charge in [-0.2, -0.15) is 0 Å². The molecule has 0 spiro atoms. The van der Waals surface area contributed by atoms with Crippen LogP contribution in [0.25, 0.3) is 0 Å². The number of benzene rings is 2. The van der Waals surface area contributed by atoms with Gasteiger partial charge in [0.15, 0.2) is 0 Å². The molecule has 0 heterocycles. The summed E-state index contributed by atoms with van der Waals surface area (Å²) in [7, 11) is 0. The van der Waals surface area contributed by atoms with Crippen molar-refractivity contribution in [2.45, 2.75) is 26.2 Å². The number of nitrogens with two attached hydrogens (primary N) is 2. The fraction of sp³-hybridized carbons (Fsp3) is 0.250. The highest BCUT2D eigenvalue weighted by Crippen LogP contribution is 2.31. The molecule has 0 saturated carbocycles. The third kappa shape index (κ3) is 3.19. The molecule has 0 aromatic heterocycles.